The summed E-state index contributed by atoms with van der Waals surface area (Å²) in [4.78, 5) is 64.8. The van der Waals surface area contributed by atoms with E-state index in [1.807, 2.05) is 0 Å². The van der Waals surface area contributed by atoms with Crippen molar-refractivity contribution in [2.75, 3.05) is 26.9 Å². The number of esters is 2. The highest BCUT2D eigenvalue weighted by atomic mass is 16.5. The summed E-state index contributed by atoms with van der Waals surface area (Å²) in [6.45, 7) is 6.17. The van der Waals surface area contributed by atoms with Gasteiger partial charge in [-0.05, 0) is 50.0 Å². The average molecular weight is 536 g/mol. The number of hydrogen-bond donors (Lipinski definition) is 3. The van der Waals surface area contributed by atoms with Crippen LogP contribution in [0.4, 0.5) is 0 Å². The minimum atomic E-state index is -1.48. The molecule has 210 valence electrons. The fourth-order valence-corrected chi connectivity index (χ4v) is 3.44. The summed E-state index contributed by atoms with van der Waals surface area (Å²) >= 11 is 0. The van der Waals surface area contributed by atoms with Gasteiger partial charge in [-0.1, -0.05) is 19.9 Å². The molecule has 0 radical (unpaired) electrons. The lowest BCUT2D eigenvalue weighted by molar-refractivity contribution is -0.162. The van der Waals surface area contributed by atoms with Crippen LogP contribution in [0.3, 0.4) is 0 Å². The smallest absolute Gasteiger partial charge is 0.329 e. The van der Waals surface area contributed by atoms with Crippen LogP contribution in [0.15, 0.2) is 24.3 Å². The third-order valence-corrected chi connectivity index (χ3v) is 5.33. The fourth-order valence-electron chi connectivity index (χ4n) is 3.44. The maximum absolute atomic E-state index is 13.7. The second-order valence-corrected chi connectivity index (χ2v) is 8.42. The molecule has 1 rings (SSSR count). The molecule has 0 aliphatic carbocycles. The maximum atomic E-state index is 13.7. The number of carbonyl (C=O) groups is 5. The standard InChI is InChI=1S/C26H37N3O9/c1-6-37-23(33)13-10-18(26(35)38-7-2)29(25(34)24(16(3)4)28-21(31)15-27)22(32)12-9-17-8-11-19(30)20(14-17)36-5/h8-9,11-12,14,16,18,24,30H,6-7,10,13,15,27H2,1-5H3,(H,28,31)/b12-9+/t18-,24-/m1/s1. The number of imide groups is 1. The van der Waals surface area contributed by atoms with Gasteiger partial charge in [0.15, 0.2) is 11.5 Å². The first-order valence-electron chi connectivity index (χ1n) is 12.2. The molecule has 1 aromatic rings. The highest BCUT2D eigenvalue weighted by molar-refractivity contribution is 6.08. The zero-order chi connectivity index (χ0) is 28.8. The van der Waals surface area contributed by atoms with Crippen molar-refractivity contribution in [2.45, 2.75) is 52.6 Å². The van der Waals surface area contributed by atoms with Crippen LogP contribution < -0.4 is 15.8 Å². The molecule has 0 unspecified atom stereocenters. The van der Waals surface area contributed by atoms with Gasteiger partial charge in [0.25, 0.3) is 11.8 Å². The number of phenols is 1. The van der Waals surface area contributed by atoms with Gasteiger partial charge in [-0.3, -0.25) is 24.1 Å². The minimum Gasteiger partial charge on any atom is -0.504 e. The second-order valence-electron chi connectivity index (χ2n) is 8.42. The van der Waals surface area contributed by atoms with Crippen LogP contribution in [-0.4, -0.2) is 78.6 Å². The summed E-state index contributed by atoms with van der Waals surface area (Å²) < 4.78 is 15.1. The van der Waals surface area contributed by atoms with Crippen molar-refractivity contribution in [1.82, 2.24) is 10.2 Å². The number of methoxy groups -OCH3 is 1. The van der Waals surface area contributed by atoms with Crippen molar-refractivity contribution in [1.29, 1.82) is 0 Å². The summed E-state index contributed by atoms with van der Waals surface area (Å²) in [7, 11) is 1.36. The fraction of sp³-hybridized carbons (Fsp3) is 0.500. The number of phenolic OH excluding ortho intramolecular Hbond substituents is 1. The van der Waals surface area contributed by atoms with Crippen molar-refractivity contribution < 1.29 is 43.3 Å². The number of benzene rings is 1. The van der Waals surface area contributed by atoms with Crippen molar-refractivity contribution in [3.63, 3.8) is 0 Å². The monoisotopic (exact) mass is 535 g/mol. The third kappa shape index (κ3) is 9.51. The SMILES string of the molecule is CCOC(=O)CC[C@H](C(=O)OCC)N(C(=O)/C=C/c1ccc(O)c(OC)c1)C(=O)[C@H](NC(=O)CN)C(C)C. The average Bonchev–Trinajstić information content (AvgIpc) is 2.88. The van der Waals surface area contributed by atoms with Crippen LogP contribution in [-0.2, 0) is 33.4 Å². The third-order valence-electron chi connectivity index (χ3n) is 5.33. The zero-order valence-electron chi connectivity index (χ0n) is 22.4. The van der Waals surface area contributed by atoms with E-state index in [0.717, 1.165) is 6.08 Å². The first kappa shape index (κ1) is 32.1. The number of nitrogens with two attached hydrogens (primary N) is 1. The van der Waals surface area contributed by atoms with Gasteiger partial charge in [0.1, 0.15) is 12.1 Å². The molecule has 0 aliphatic heterocycles. The van der Waals surface area contributed by atoms with Gasteiger partial charge >= 0.3 is 11.9 Å². The molecule has 2 atom stereocenters. The Hall–Kier alpha value is -3.93. The topological polar surface area (TPSA) is 175 Å². The minimum absolute atomic E-state index is 0.0361. The second kappa shape index (κ2) is 16.0. The molecule has 0 saturated carbocycles. The van der Waals surface area contributed by atoms with E-state index in [4.69, 9.17) is 19.9 Å². The van der Waals surface area contributed by atoms with Crippen molar-refractivity contribution in [2.24, 2.45) is 11.7 Å². The highest BCUT2D eigenvalue weighted by Gasteiger charge is 2.39. The Morgan fingerprint density at radius 3 is 2.32 bits per heavy atom. The van der Waals surface area contributed by atoms with Gasteiger partial charge in [-0.2, -0.15) is 0 Å². The summed E-state index contributed by atoms with van der Waals surface area (Å²) in [5, 5.41) is 12.3. The predicted molar refractivity (Wildman–Crippen MR) is 138 cm³/mol. The molecule has 0 aliphatic rings. The van der Waals surface area contributed by atoms with Crippen LogP contribution in [0.5, 0.6) is 11.5 Å². The van der Waals surface area contributed by atoms with Crippen LogP contribution in [0, 0.1) is 5.92 Å². The van der Waals surface area contributed by atoms with E-state index in [2.05, 4.69) is 5.32 Å². The molecule has 12 heteroatoms. The highest BCUT2D eigenvalue weighted by Crippen LogP contribution is 2.27. The van der Waals surface area contributed by atoms with E-state index >= 15 is 0 Å². The van der Waals surface area contributed by atoms with E-state index < -0.39 is 54.2 Å². The largest absolute Gasteiger partial charge is 0.504 e. The number of rotatable bonds is 14. The van der Waals surface area contributed by atoms with Crippen LogP contribution in [0.2, 0.25) is 0 Å². The Morgan fingerprint density at radius 1 is 1.11 bits per heavy atom. The van der Waals surface area contributed by atoms with Crippen molar-refractivity contribution >= 4 is 35.7 Å². The van der Waals surface area contributed by atoms with Gasteiger partial charge in [0.2, 0.25) is 5.91 Å². The molecule has 12 nitrogen and oxygen atoms in total. The van der Waals surface area contributed by atoms with Gasteiger partial charge in [0.05, 0.1) is 26.9 Å². The number of amides is 3. The van der Waals surface area contributed by atoms with E-state index in [-0.39, 0.29) is 37.6 Å². The molecule has 0 heterocycles. The molecular formula is C26H37N3O9. The number of ether oxygens (including phenoxy) is 3. The van der Waals surface area contributed by atoms with Crippen molar-refractivity contribution in [3.8, 4) is 11.5 Å². The Kier molecular flexibility index (Phi) is 13.5. The number of nitrogens with zero attached hydrogens (tertiary/aromatic N) is 1. The molecule has 3 amide bonds. The Balaban J connectivity index is 3.53. The van der Waals surface area contributed by atoms with Gasteiger partial charge in [-0.15, -0.1) is 0 Å². The first-order chi connectivity index (χ1) is 18.0. The quantitative estimate of drug-likeness (QED) is 0.231. The van der Waals surface area contributed by atoms with Crippen molar-refractivity contribution in [3.05, 3.63) is 29.8 Å². The molecule has 1 aromatic carbocycles. The Labute approximate surface area is 222 Å². The molecular weight excluding hydrogens is 498 g/mol. The zero-order valence-corrected chi connectivity index (χ0v) is 22.4. The number of hydrogen-bond acceptors (Lipinski definition) is 10. The Bertz CT molecular complexity index is 1020. The summed E-state index contributed by atoms with van der Waals surface area (Å²) in [5.41, 5.74) is 5.85. The number of aromatic hydroxyl groups is 1. The van der Waals surface area contributed by atoms with Gasteiger partial charge < -0.3 is 30.4 Å². The molecule has 0 fully saturated rings. The summed E-state index contributed by atoms with van der Waals surface area (Å²) in [5.74, 6) is -4.34. The predicted octanol–water partition coefficient (Wildman–Crippen LogP) is 1.14. The first-order valence-corrected chi connectivity index (χ1v) is 12.2. The van der Waals surface area contributed by atoms with Crippen LogP contribution in [0.25, 0.3) is 6.08 Å². The molecule has 0 spiro atoms. The Morgan fingerprint density at radius 2 is 1.76 bits per heavy atom. The summed E-state index contributed by atoms with van der Waals surface area (Å²) in [6, 6.07) is 1.67. The molecule has 4 N–H and O–H groups in total. The molecule has 0 aromatic heterocycles. The lowest BCUT2D eigenvalue weighted by atomic mass is 10.00. The molecule has 38 heavy (non-hydrogen) atoms. The van der Waals surface area contributed by atoms with Crippen LogP contribution >= 0.6 is 0 Å². The van der Waals surface area contributed by atoms with E-state index in [9.17, 15) is 29.1 Å². The van der Waals surface area contributed by atoms with E-state index in [0.29, 0.717) is 10.5 Å². The van der Waals surface area contributed by atoms with Gasteiger partial charge in [0, 0.05) is 12.5 Å². The number of nitrogens with one attached hydrogen (secondary N) is 1. The van der Waals surface area contributed by atoms with Gasteiger partial charge in [-0.25, -0.2) is 4.79 Å². The maximum Gasteiger partial charge on any atom is 0.329 e. The molecule has 0 saturated heterocycles. The van der Waals surface area contributed by atoms with Crippen LogP contribution in [0.1, 0.15) is 46.1 Å². The normalized spacial score (nSPS) is 12.5. The van der Waals surface area contributed by atoms with E-state index in [1.165, 1.54) is 31.4 Å². The molecule has 0 bridgehead atoms. The number of carbonyl (C=O) groups excluding carboxylic acids is 5. The lowest BCUT2D eigenvalue weighted by Crippen LogP contribution is -2.58. The summed E-state index contributed by atoms with van der Waals surface area (Å²) in [6.07, 6.45) is 1.89. The van der Waals surface area contributed by atoms with E-state index in [1.54, 1.807) is 27.7 Å². The lowest BCUT2D eigenvalue weighted by Gasteiger charge is -2.32.